The number of nitrogens with one attached hydrogen (secondary N) is 2. The lowest BCUT2D eigenvalue weighted by Gasteiger charge is -2.29. The van der Waals surface area contributed by atoms with Gasteiger partial charge in [0.05, 0.1) is 5.52 Å². The molecule has 2 aromatic rings. The monoisotopic (exact) mass is 286 g/mol. The van der Waals surface area contributed by atoms with Gasteiger partial charge < -0.3 is 10.2 Å². The number of fused-ring (bicyclic) bond motifs is 1. The Morgan fingerprint density at radius 1 is 1.38 bits per heavy atom. The van der Waals surface area contributed by atoms with Crippen molar-refractivity contribution in [1.82, 2.24) is 20.4 Å². The Labute approximate surface area is 124 Å². The zero-order chi connectivity index (χ0) is 14.7. The summed E-state index contributed by atoms with van der Waals surface area (Å²) >= 11 is 0. The maximum absolute atomic E-state index is 12.7. The average Bonchev–Trinajstić information content (AvgIpc) is 2.97. The Hall–Kier alpha value is -1.88. The Morgan fingerprint density at radius 3 is 3.00 bits per heavy atom. The minimum absolute atomic E-state index is 0.0160. The maximum atomic E-state index is 12.7. The minimum Gasteiger partial charge on any atom is -0.336 e. The highest BCUT2D eigenvalue weighted by atomic mass is 16.2. The molecular weight excluding hydrogens is 264 g/mol. The Morgan fingerprint density at radius 2 is 2.24 bits per heavy atom. The smallest absolute Gasteiger partial charge is 0.275 e. The molecule has 1 aromatic heterocycles. The number of hydrogen-bond donors (Lipinski definition) is 2. The van der Waals surface area contributed by atoms with Gasteiger partial charge in [-0.2, -0.15) is 5.10 Å². The zero-order valence-electron chi connectivity index (χ0n) is 12.4. The minimum atomic E-state index is 0.0160. The van der Waals surface area contributed by atoms with Crippen LogP contribution in [0.4, 0.5) is 0 Å². The first-order valence-electron chi connectivity index (χ1n) is 7.75. The Bertz CT molecular complexity index is 616. The van der Waals surface area contributed by atoms with Crippen LogP contribution in [0, 0.1) is 0 Å². The highest BCUT2D eigenvalue weighted by molar-refractivity contribution is 6.04. The lowest BCUT2D eigenvalue weighted by molar-refractivity contribution is 0.0737. The molecule has 1 saturated heterocycles. The molecule has 5 heteroatoms. The average molecular weight is 286 g/mol. The van der Waals surface area contributed by atoms with Crippen LogP contribution in [0.1, 0.15) is 36.7 Å². The number of carbonyl (C=O) groups excluding carboxylic acids is 1. The second kappa shape index (κ2) is 6.26. The van der Waals surface area contributed by atoms with E-state index in [1.54, 1.807) is 0 Å². The van der Waals surface area contributed by atoms with Crippen molar-refractivity contribution >= 4 is 16.8 Å². The van der Waals surface area contributed by atoms with Crippen molar-refractivity contribution in [3.05, 3.63) is 30.0 Å². The molecule has 0 bridgehead atoms. The molecule has 1 unspecified atom stereocenters. The van der Waals surface area contributed by atoms with Crippen LogP contribution in [0.3, 0.4) is 0 Å². The van der Waals surface area contributed by atoms with Crippen LogP contribution >= 0.6 is 0 Å². The molecule has 0 aliphatic carbocycles. The largest absolute Gasteiger partial charge is 0.336 e. The molecule has 2 heterocycles. The van der Waals surface area contributed by atoms with Crippen molar-refractivity contribution in [2.45, 2.75) is 32.2 Å². The van der Waals surface area contributed by atoms with Crippen molar-refractivity contribution < 1.29 is 4.79 Å². The van der Waals surface area contributed by atoms with E-state index in [1.165, 1.54) is 12.8 Å². The fourth-order valence-electron chi connectivity index (χ4n) is 2.98. The fraction of sp³-hybridized carbons (Fsp3) is 0.500. The summed E-state index contributed by atoms with van der Waals surface area (Å²) in [7, 11) is 0. The van der Waals surface area contributed by atoms with E-state index in [0.717, 1.165) is 30.4 Å². The molecule has 0 saturated carbocycles. The van der Waals surface area contributed by atoms with Crippen LogP contribution in [0.2, 0.25) is 0 Å². The van der Waals surface area contributed by atoms with Crippen molar-refractivity contribution in [2.75, 3.05) is 19.6 Å². The number of aromatic amines is 1. The van der Waals surface area contributed by atoms with Crippen LogP contribution in [-0.2, 0) is 0 Å². The number of para-hydroxylation sites is 1. The SMILES string of the molecule is CCN(CC1CCCCN1)C(=O)c1n[nH]c2ccccc12. The molecule has 112 valence electrons. The first-order chi connectivity index (χ1) is 10.3. The second-order valence-electron chi connectivity index (χ2n) is 5.61. The van der Waals surface area contributed by atoms with E-state index in [9.17, 15) is 4.79 Å². The van der Waals surface area contributed by atoms with Gasteiger partial charge in [-0.3, -0.25) is 9.89 Å². The van der Waals surface area contributed by atoms with Gasteiger partial charge in [0.15, 0.2) is 5.69 Å². The topological polar surface area (TPSA) is 61.0 Å². The summed E-state index contributed by atoms with van der Waals surface area (Å²) in [5, 5.41) is 11.6. The lowest BCUT2D eigenvalue weighted by Crippen LogP contribution is -2.45. The molecular formula is C16H22N4O. The van der Waals surface area contributed by atoms with Crippen molar-refractivity contribution in [3.63, 3.8) is 0 Å². The summed E-state index contributed by atoms with van der Waals surface area (Å²) in [5.74, 6) is 0.0160. The normalized spacial score (nSPS) is 18.8. The second-order valence-corrected chi connectivity index (χ2v) is 5.61. The van der Waals surface area contributed by atoms with Gasteiger partial charge in [-0.05, 0) is 32.4 Å². The molecule has 1 aliphatic rings. The zero-order valence-corrected chi connectivity index (χ0v) is 12.4. The van der Waals surface area contributed by atoms with Gasteiger partial charge in [-0.25, -0.2) is 0 Å². The van der Waals surface area contributed by atoms with Crippen LogP contribution < -0.4 is 5.32 Å². The standard InChI is InChI=1S/C16H22N4O/c1-2-20(11-12-7-5-6-10-17-12)16(21)15-13-8-3-4-9-14(13)18-19-15/h3-4,8-9,12,17H,2,5-7,10-11H2,1H3,(H,18,19). The van der Waals surface area contributed by atoms with E-state index >= 15 is 0 Å². The van der Waals surface area contributed by atoms with E-state index in [-0.39, 0.29) is 5.91 Å². The van der Waals surface area contributed by atoms with Gasteiger partial charge in [-0.1, -0.05) is 24.6 Å². The number of hydrogen-bond acceptors (Lipinski definition) is 3. The van der Waals surface area contributed by atoms with Crippen LogP contribution in [0.25, 0.3) is 10.9 Å². The number of aromatic nitrogens is 2. The first kappa shape index (κ1) is 14.1. The highest BCUT2D eigenvalue weighted by Gasteiger charge is 2.23. The fourth-order valence-corrected chi connectivity index (χ4v) is 2.98. The summed E-state index contributed by atoms with van der Waals surface area (Å²) in [6, 6.07) is 8.18. The summed E-state index contributed by atoms with van der Waals surface area (Å²) in [6.07, 6.45) is 3.63. The number of H-pyrrole nitrogens is 1. The molecule has 1 atom stereocenters. The molecule has 21 heavy (non-hydrogen) atoms. The molecule has 1 amide bonds. The third-order valence-electron chi connectivity index (χ3n) is 4.20. The van der Waals surface area contributed by atoms with Crippen LogP contribution in [0.5, 0.6) is 0 Å². The summed E-state index contributed by atoms with van der Waals surface area (Å²) in [5.41, 5.74) is 1.44. The number of carbonyl (C=O) groups is 1. The predicted molar refractivity (Wildman–Crippen MR) is 83.3 cm³/mol. The molecule has 3 rings (SSSR count). The van der Waals surface area contributed by atoms with Gasteiger partial charge in [0, 0.05) is 24.5 Å². The van der Waals surface area contributed by atoms with E-state index < -0.39 is 0 Å². The molecule has 1 aromatic carbocycles. The van der Waals surface area contributed by atoms with Gasteiger partial charge in [-0.15, -0.1) is 0 Å². The molecule has 1 aliphatic heterocycles. The molecule has 1 fully saturated rings. The quantitative estimate of drug-likeness (QED) is 0.905. The molecule has 2 N–H and O–H groups in total. The number of likely N-dealkylation sites (N-methyl/N-ethyl adjacent to an activating group) is 1. The first-order valence-corrected chi connectivity index (χ1v) is 7.75. The lowest BCUT2D eigenvalue weighted by atomic mass is 10.0. The van der Waals surface area contributed by atoms with Crippen LogP contribution in [-0.4, -0.2) is 46.7 Å². The van der Waals surface area contributed by atoms with Crippen molar-refractivity contribution in [2.24, 2.45) is 0 Å². The third-order valence-corrected chi connectivity index (χ3v) is 4.20. The Balaban J connectivity index is 1.78. The number of piperidine rings is 1. The number of nitrogens with zero attached hydrogens (tertiary/aromatic N) is 2. The highest BCUT2D eigenvalue weighted by Crippen LogP contribution is 2.17. The van der Waals surface area contributed by atoms with E-state index in [4.69, 9.17) is 0 Å². The summed E-state index contributed by atoms with van der Waals surface area (Å²) in [6.45, 7) is 4.55. The van der Waals surface area contributed by atoms with Gasteiger partial charge in [0.1, 0.15) is 0 Å². The number of rotatable bonds is 4. The van der Waals surface area contributed by atoms with Gasteiger partial charge in [0.25, 0.3) is 5.91 Å². The number of amides is 1. The van der Waals surface area contributed by atoms with Crippen molar-refractivity contribution in [1.29, 1.82) is 0 Å². The number of benzene rings is 1. The van der Waals surface area contributed by atoms with Gasteiger partial charge in [0.2, 0.25) is 0 Å². The maximum Gasteiger partial charge on any atom is 0.275 e. The predicted octanol–water partition coefficient (Wildman–Crippen LogP) is 2.17. The van der Waals surface area contributed by atoms with E-state index in [2.05, 4.69) is 15.5 Å². The third kappa shape index (κ3) is 2.93. The molecule has 0 spiro atoms. The van der Waals surface area contributed by atoms with Gasteiger partial charge >= 0.3 is 0 Å². The van der Waals surface area contributed by atoms with Crippen molar-refractivity contribution in [3.8, 4) is 0 Å². The molecule has 0 radical (unpaired) electrons. The Kier molecular flexibility index (Phi) is 4.20. The van der Waals surface area contributed by atoms with E-state index in [1.807, 2.05) is 36.1 Å². The van der Waals surface area contributed by atoms with Crippen LogP contribution in [0.15, 0.2) is 24.3 Å². The molecule has 5 nitrogen and oxygen atoms in total. The van der Waals surface area contributed by atoms with E-state index in [0.29, 0.717) is 18.3 Å². The summed E-state index contributed by atoms with van der Waals surface area (Å²) < 4.78 is 0. The summed E-state index contributed by atoms with van der Waals surface area (Å²) in [4.78, 5) is 14.6.